The summed E-state index contributed by atoms with van der Waals surface area (Å²) < 4.78 is 0.828. The maximum Gasteiger partial charge on any atom is 0.328 e. The van der Waals surface area contributed by atoms with Gasteiger partial charge in [0.05, 0.1) is 27.2 Å². The average Bonchev–Trinajstić information content (AvgIpc) is 2.69. The molecule has 0 unspecified atom stereocenters. The zero-order chi connectivity index (χ0) is 22.4. The van der Waals surface area contributed by atoms with E-state index >= 15 is 0 Å². The van der Waals surface area contributed by atoms with Crippen LogP contribution in [0.1, 0.15) is 38.5 Å². The van der Waals surface area contributed by atoms with E-state index in [1.165, 1.54) is 0 Å². The number of quaternary nitrogens is 1. The molecule has 1 rings (SSSR count). The lowest BCUT2D eigenvalue weighted by molar-refractivity contribution is -0.890. The summed E-state index contributed by atoms with van der Waals surface area (Å²) >= 11 is 0. The van der Waals surface area contributed by atoms with Crippen LogP contribution in [0.2, 0.25) is 0 Å². The molecule has 0 aliphatic carbocycles. The van der Waals surface area contributed by atoms with Crippen molar-refractivity contribution >= 4 is 23.5 Å². The minimum absolute atomic E-state index is 0. The van der Waals surface area contributed by atoms with E-state index in [-0.39, 0.29) is 36.4 Å². The van der Waals surface area contributed by atoms with Gasteiger partial charge in [0, 0.05) is 30.8 Å². The molecule has 3 N–H and O–H groups in total. The number of carbonyl (C=O) groups excluding carboxylic acids is 2. The Kier molecular flexibility index (Phi) is 14.8. The number of amides is 2. The van der Waals surface area contributed by atoms with E-state index in [1.54, 1.807) is 0 Å². The Hall–Kier alpha value is -1.98. The number of benzene rings is 1. The fourth-order valence-corrected chi connectivity index (χ4v) is 3.00. The van der Waals surface area contributed by atoms with Gasteiger partial charge in [-0.3, -0.25) is 14.8 Å². The number of unbranched alkanes of at least 4 members (excludes halogenated alkanes) is 3. The second-order valence-corrected chi connectivity index (χ2v) is 7.95. The van der Waals surface area contributed by atoms with Gasteiger partial charge >= 0.3 is 5.97 Å². The molecule has 9 heteroatoms. The third-order valence-electron chi connectivity index (χ3n) is 4.73. The van der Waals surface area contributed by atoms with E-state index in [0.717, 1.165) is 55.0 Å². The zero-order valence-electron chi connectivity index (χ0n) is 18.3. The van der Waals surface area contributed by atoms with Crippen LogP contribution < -0.4 is 29.3 Å². The van der Waals surface area contributed by atoms with Gasteiger partial charge in [0.1, 0.15) is 0 Å². The first-order chi connectivity index (χ1) is 14.2. The van der Waals surface area contributed by atoms with Gasteiger partial charge < -0.3 is 38.9 Å². The summed E-state index contributed by atoms with van der Waals surface area (Å²) in [5.74, 6) is -1.92. The third kappa shape index (κ3) is 14.6. The number of rotatable bonds is 14. The van der Waals surface area contributed by atoms with Crippen molar-refractivity contribution in [1.82, 2.24) is 5.06 Å². The SMILES string of the molecule is C[N+](C)(CCCCCC(=O)Nc1ccccc1)CCCCN(O)C(=O)/C=C/C(=O)O.[I-]. The Balaban J connectivity index is 0.00000900. The largest absolute Gasteiger partial charge is 1.00 e. The summed E-state index contributed by atoms with van der Waals surface area (Å²) in [4.78, 5) is 33.8. The van der Waals surface area contributed by atoms with Crippen molar-refractivity contribution in [3.8, 4) is 0 Å². The fraction of sp³-hybridized carbons (Fsp3) is 0.500. The molecule has 0 fully saturated rings. The number of para-hydroxylation sites is 1. The highest BCUT2D eigenvalue weighted by atomic mass is 127. The number of nitrogens with zero attached hydrogens (tertiary/aromatic N) is 2. The van der Waals surface area contributed by atoms with Crippen molar-refractivity contribution in [1.29, 1.82) is 0 Å². The van der Waals surface area contributed by atoms with Gasteiger partial charge in [-0.05, 0) is 44.2 Å². The number of carboxylic acids is 1. The van der Waals surface area contributed by atoms with Crippen LogP contribution >= 0.6 is 0 Å². The van der Waals surface area contributed by atoms with Crippen molar-refractivity contribution < 1.29 is 53.2 Å². The van der Waals surface area contributed by atoms with Crippen LogP contribution in [0.5, 0.6) is 0 Å². The summed E-state index contributed by atoms with van der Waals surface area (Å²) in [6.45, 7) is 2.06. The highest BCUT2D eigenvalue weighted by molar-refractivity contribution is 5.93. The Morgan fingerprint density at radius 1 is 0.968 bits per heavy atom. The summed E-state index contributed by atoms with van der Waals surface area (Å²) in [7, 11) is 4.28. The topological polar surface area (TPSA) is 107 Å². The Morgan fingerprint density at radius 3 is 2.19 bits per heavy atom. The van der Waals surface area contributed by atoms with E-state index in [4.69, 9.17) is 5.11 Å². The van der Waals surface area contributed by atoms with Crippen LogP contribution in [-0.2, 0) is 14.4 Å². The Labute approximate surface area is 201 Å². The van der Waals surface area contributed by atoms with E-state index in [2.05, 4.69) is 19.4 Å². The van der Waals surface area contributed by atoms with Crippen LogP contribution in [0.15, 0.2) is 42.5 Å². The van der Waals surface area contributed by atoms with Crippen molar-refractivity contribution in [2.45, 2.75) is 38.5 Å². The first-order valence-corrected chi connectivity index (χ1v) is 10.3. The molecule has 1 aromatic rings. The third-order valence-corrected chi connectivity index (χ3v) is 4.73. The molecule has 0 aliphatic rings. The quantitative estimate of drug-likeness (QED) is 0.0754. The molecule has 0 saturated heterocycles. The summed E-state index contributed by atoms with van der Waals surface area (Å²) in [5.41, 5.74) is 0.821. The Bertz CT molecular complexity index is 710. The minimum atomic E-state index is -1.23. The minimum Gasteiger partial charge on any atom is -1.00 e. The van der Waals surface area contributed by atoms with Gasteiger partial charge in [-0.2, -0.15) is 0 Å². The van der Waals surface area contributed by atoms with Crippen LogP contribution in [-0.4, -0.2) is 71.4 Å². The predicted octanol–water partition coefficient (Wildman–Crippen LogP) is -0.0953. The number of aliphatic carboxylic acids is 1. The Morgan fingerprint density at radius 2 is 1.58 bits per heavy atom. The van der Waals surface area contributed by atoms with E-state index in [1.807, 2.05) is 30.3 Å². The number of hydrogen-bond donors (Lipinski definition) is 3. The number of carboxylic acid groups (broad SMARTS) is 1. The van der Waals surface area contributed by atoms with Crippen molar-refractivity contribution in [2.24, 2.45) is 0 Å². The molecule has 1 aromatic carbocycles. The summed E-state index contributed by atoms with van der Waals surface area (Å²) in [5, 5.41) is 21.5. The van der Waals surface area contributed by atoms with Crippen LogP contribution in [0, 0.1) is 0 Å². The first-order valence-electron chi connectivity index (χ1n) is 10.3. The van der Waals surface area contributed by atoms with Gasteiger partial charge in [-0.25, -0.2) is 9.86 Å². The number of hydroxylamine groups is 2. The van der Waals surface area contributed by atoms with Gasteiger partial charge in [-0.15, -0.1) is 0 Å². The standard InChI is InChI=1S/C22H33N3O5.HI/c1-25(2,18-10-8-16-24(30)21(27)14-15-22(28)29)17-9-4-7-13-20(26)23-19-11-5-3-6-12-19;/h3,5-6,11-12,14-15,30H,4,7-10,13,16-18H2,1-2H3,(H-,23,26,28,29);1H/b15-14+;. The average molecular weight is 547 g/mol. The molecule has 174 valence electrons. The van der Waals surface area contributed by atoms with Crippen molar-refractivity contribution in [3.05, 3.63) is 42.5 Å². The molecule has 0 bridgehead atoms. The molecule has 0 radical (unpaired) electrons. The summed E-state index contributed by atoms with van der Waals surface area (Å²) in [6.07, 6.45) is 6.38. The second kappa shape index (κ2) is 15.8. The van der Waals surface area contributed by atoms with E-state index in [9.17, 15) is 19.6 Å². The van der Waals surface area contributed by atoms with Gasteiger partial charge in [0.25, 0.3) is 5.91 Å². The first kappa shape index (κ1) is 29.0. The van der Waals surface area contributed by atoms with Crippen molar-refractivity contribution in [3.63, 3.8) is 0 Å². The number of nitrogens with one attached hydrogen (secondary N) is 1. The molecule has 0 atom stereocenters. The molecule has 31 heavy (non-hydrogen) atoms. The molecular formula is C22H34IN3O5. The predicted molar refractivity (Wildman–Crippen MR) is 115 cm³/mol. The second-order valence-electron chi connectivity index (χ2n) is 7.95. The molecule has 2 amide bonds. The molecule has 0 aromatic heterocycles. The lowest BCUT2D eigenvalue weighted by atomic mass is 10.1. The van der Waals surface area contributed by atoms with Crippen LogP contribution in [0.3, 0.4) is 0 Å². The fourth-order valence-electron chi connectivity index (χ4n) is 3.00. The van der Waals surface area contributed by atoms with Crippen LogP contribution in [0.25, 0.3) is 0 Å². The lowest BCUT2D eigenvalue weighted by Crippen LogP contribution is -3.00. The normalized spacial score (nSPS) is 11.1. The molecular weight excluding hydrogens is 513 g/mol. The zero-order valence-corrected chi connectivity index (χ0v) is 20.5. The van der Waals surface area contributed by atoms with Gasteiger partial charge in [0.2, 0.25) is 5.91 Å². The lowest BCUT2D eigenvalue weighted by Gasteiger charge is -2.30. The molecule has 8 nitrogen and oxygen atoms in total. The highest BCUT2D eigenvalue weighted by Crippen LogP contribution is 2.10. The summed E-state index contributed by atoms with van der Waals surface area (Å²) in [6, 6.07) is 9.44. The highest BCUT2D eigenvalue weighted by Gasteiger charge is 2.15. The number of anilines is 1. The maximum absolute atomic E-state index is 11.9. The van der Waals surface area contributed by atoms with Crippen molar-refractivity contribution in [2.75, 3.05) is 39.0 Å². The van der Waals surface area contributed by atoms with E-state index < -0.39 is 11.9 Å². The smallest absolute Gasteiger partial charge is 0.328 e. The molecule has 0 aliphatic heterocycles. The van der Waals surface area contributed by atoms with E-state index in [0.29, 0.717) is 24.0 Å². The number of halogens is 1. The van der Waals surface area contributed by atoms with Gasteiger partial charge in [0.15, 0.2) is 0 Å². The molecule has 0 saturated carbocycles. The van der Waals surface area contributed by atoms with Crippen LogP contribution in [0.4, 0.5) is 5.69 Å². The molecule has 0 heterocycles. The molecule has 0 spiro atoms. The monoisotopic (exact) mass is 547 g/mol. The number of carbonyl (C=O) groups is 3. The number of hydrogen-bond acceptors (Lipinski definition) is 4. The van der Waals surface area contributed by atoms with Gasteiger partial charge in [-0.1, -0.05) is 18.2 Å². The maximum atomic E-state index is 11.9.